The Labute approximate surface area is 221 Å². The molecule has 2 aliphatic rings. The molecule has 37 heavy (non-hydrogen) atoms. The zero-order chi connectivity index (χ0) is 27.2. The number of alkyl halides is 3. The lowest BCUT2D eigenvalue weighted by atomic mass is 10.0. The van der Waals surface area contributed by atoms with Gasteiger partial charge in [-0.3, -0.25) is 24.3 Å². The van der Waals surface area contributed by atoms with E-state index in [0.29, 0.717) is 4.90 Å². The van der Waals surface area contributed by atoms with E-state index in [2.05, 4.69) is 0 Å². The summed E-state index contributed by atoms with van der Waals surface area (Å²) in [6, 6.07) is 4.44. The molecule has 1 N–H and O–H groups in total. The Morgan fingerprint density at radius 2 is 1.73 bits per heavy atom. The molecule has 0 bridgehead atoms. The van der Waals surface area contributed by atoms with Gasteiger partial charge >= 0.3 is 24.3 Å². The number of rotatable bonds is 5. The number of carboxylic acids is 1. The fourth-order valence-electron chi connectivity index (χ4n) is 3.97. The van der Waals surface area contributed by atoms with Gasteiger partial charge in [-0.15, -0.1) is 0 Å². The van der Waals surface area contributed by atoms with Gasteiger partial charge in [-0.05, 0) is 23.8 Å². The Morgan fingerprint density at radius 3 is 2.27 bits per heavy atom. The largest absolute Gasteiger partial charge is 0.481 e. The highest BCUT2D eigenvalue weighted by Crippen LogP contribution is 2.41. The maximum atomic E-state index is 13.3. The predicted molar refractivity (Wildman–Crippen MR) is 126 cm³/mol. The molecule has 2 aromatic rings. The molecule has 1 unspecified atom stereocenters. The number of amides is 4. The third-order valence-electron chi connectivity index (χ3n) is 5.75. The van der Waals surface area contributed by atoms with Crippen LogP contribution in [0.2, 0.25) is 15.1 Å². The molecule has 0 aromatic heterocycles. The first-order valence-corrected chi connectivity index (χ1v) is 11.6. The Bertz CT molecular complexity index is 1300. The Balaban J connectivity index is 1.72. The fraction of sp³-hybridized carbons (Fsp3) is 0.273. The van der Waals surface area contributed by atoms with Gasteiger partial charge in [-0.1, -0.05) is 46.9 Å². The lowest BCUT2D eigenvalue weighted by Crippen LogP contribution is -2.58. The van der Waals surface area contributed by atoms with Gasteiger partial charge in [0.2, 0.25) is 5.91 Å². The topological polar surface area (TPSA) is 107 Å². The van der Waals surface area contributed by atoms with Gasteiger partial charge < -0.3 is 9.84 Å². The quantitative estimate of drug-likeness (QED) is 0.482. The van der Waals surface area contributed by atoms with Crippen LogP contribution in [0.15, 0.2) is 30.3 Å². The summed E-state index contributed by atoms with van der Waals surface area (Å²) in [5, 5.41) is 8.75. The molecule has 9 nitrogen and oxygen atoms in total. The van der Waals surface area contributed by atoms with Crippen molar-refractivity contribution < 1.29 is 42.2 Å². The second-order valence-corrected chi connectivity index (χ2v) is 9.20. The van der Waals surface area contributed by atoms with E-state index in [-0.39, 0.29) is 40.1 Å². The number of nitrogens with zero attached hydrogens (tertiary/aromatic N) is 3. The van der Waals surface area contributed by atoms with Gasteiger partial charge in [0, 0.05) is 12.2 Å². The summed E-state index contributed by atoms with van der Waals surface area (Å²) in [7, 11) is 0. The van der Waals surface area contributed by atoms with Crippen molar-refractivity contribution in [3.05, 3.63) is 56.5 Å². The van der Waals surface area contributed by atoms with E-state index in [1.165, 1.54) is 23.1 Å². The number of carbonyl (C=O) groups excluding carboxylic acids is 3. The minimum atomic E-state index is -4.80. The minimum Gasteiger partial charge on any atom is -0.481 e. The molecule has 0 radical (unpaired) electrons. The lowest BCUT2D eigenvalue weighted by molar-refractivity contribution is -0.150. The van der Waals surface area contributed by atoms with Crippen molar-refractivity contribution in [2.45, 2.75) is 12.7 Å². The number of halogens is 6. The first-order chi connectivity index (χ1) is 17.3. The molecule has 0 spiro atoms. The van der Waals surface area contributed by atoms with Crippen LogP contribution in [0.3, 0.4) is 0 Å². The van der Waals surface area contributed by atoms with E-state index in [1.807, 2.05) is 0 Å². The second kappa shape index (κ2) is 9.92. The second-order valence-electron chi connectivity index (χ2n) is 8.01. The Morgan fingerprint density at radius 1 is 1.08 bits per heavy atom. The molecule has 0 aliphatic carbocycles. The fourth-order valence-corrected chi connectivity index (χ4v) is 4.94. The van der Waals surface area contributed by atoms with Crippen LogP contribution < -0.4 is 9.80 Å². The number of benzene rings is 2. The average molecular weight is 581 g/mol. The van der Waals surface area contributed by atoms with Gasteiger partial charge in [0.15, 0.2) is 5.92 Å². The normalized spacial score (nSPS) is 18.5. The number of ether oxygens (including phenoxy) is 1. The zero-order valence-corrected chi connectivity index (χ0v) is 20.7. The van der Waals surface area contributed by atoms with Crippen molar-refractivity contribution in [1.29, 1.82) is 0 Å². The van der Waals surface area contributed by atoms with Crippen LogP contribution in [0.25, 0.3) is 0 Å². The molecule has 2 fully saturated rings. The predicted octanol–water partition coefficient (Wildman–Crippen LogP) is 5.29. The molecule has 196 valence electrons. The van der Waals surface area contributed by atoms with E-state index in [1.54, 1.807) is 0 Å². The number of imide groups is 1. The van der Waals surface area contributed by atoms with Gasteiger partial charge in [0.05, 0.1) is 39.4 Å². The van der Waals surface area contributed by atoms with Gasteiger partial charge in [0.25, 0.3) is 0 Å². The van der Waals surface area contributed by atoms with Crippen molar-refractivity contribution in [3.8, 4) is 0 Å². The molecule has 2 saturated heterocycles. The lowest BCUT2D eigenvalue weighted by Gasteiger charge is -2.37. The first-order valence-electron chi connectivity index (χ1n) is 10.4. The molecule has 15 heteroatoms. The van der Waals surface area contributed by atoms with E-state index < -0.39 is 59.8 Å². The summed E-state index contributed by atoms with van der Waals surface area (Å²) >= 11 is 18.6. The highest BCUT2D eigenvalue weighted by atomic mass is 35.5. The summed E-state index contributed by atoms with van der Waals surface area (Å²) in [6.07, 6.45) is -5.48. The van der Waals surface area contributed by atoms with Gasteiger partial charge in [-0.2, -0.15) is 13.2 Å². The number of aliphatic carboxylic acids is 1. The van der Waals surface area contributed by atoms with E-state index >= 15 is 0 Å². The van der Waals surface area contributed by atoms with E-state index in [0.717, 1.165) is 17.0 Å². The monoisotopic (exact) mass is 579 g/mol. The Kier molecular flexibility index (Phi) is 7.19. The summed E-state index contributed by atoms with van der Waals surface area (Å²) in [4.78, 5) is 52.5. The minimum absolute atomic E-state index is 0.00444. The van der Waals surface area contributed by atoms with Gasteiger partial charge in [0.1, 0.15) is 6.61 Å². The van der Waals surface area contributed by atoms with Crippen molar-refractivity contribution in [3.63, 3.8) is 0 Å². The van der Waals surface area contributed by atoms with Crippen molar-refractivity contribution >= 4 is 70.2 Å². The number of cyclic esters (lactones) is 1. The number of anilines is 2. The number of urea groups is 1. The molecule has 2 aromatic carbocycles. The highest BCUT2D eigenvalue weighted by Gasteiger charge is 2.44. The molecule has 4 amide bonds. The molecule has 2 heterocycles. The van der Waals surface area contributed by atoms with Crippen molar-refractivity contribution in [2.24, 2.45) is 5.92 Å². The highest BCUT2D eigenvalue weighted by molar-refractivity contribution is 6.40. The van der Waals surface area contributed by atoms with E-state index in [4.69, 9.17) is 39.5 Å². The van der Waals surface area contributed by atoms with Crippen LogP contribution in [0.4, 0.5) is 34.1 Å². The number of carboxylic acid groups (broad SMARTS) is 1. The maximum absolute atomic E-state index is 13.3. The van der Waals surface area contributed by atoms with Crippen LogP contribution in [0.1, 0.15) is 11.1 Å². The van der Waals surface area contributed by atoms with Crippen LogP contribution in [0.5, 0.6) is 0 Å². The SMILES string of the molecule is O=C(O)C1CN(c2cc(Cl)c(N3CCOC3=O)c(Cl)c2)C(=O)N(Cc2cccc(C(F)(F)F)c2Cl)C1=O. The van der Waals surface area contributed by atoms with Crippen molar-refractivity contribution in [1.82, 2.24) is 4.90 Å². The molecule has 4 rings (SSSR count). The number of hydrogen-bond donors (Lipinski definition) is 1. The zero-order valence-electron chi connectivity index (χ0n) is 18.4. The summed E-state index contributed by atoms with van der Waals surface area (Å²) in [5.74, 6) is -4.43. The molecule has 2 aliphatic heterocycles. The molecule has 0 saturated carbocycles. The average Bonchev–Trinajstić information content (AvgIpc) is 3.21. The molecular weight excluding hydrogens is 566 g/mol. The molecular formula is C22H15Cl3F3N3O6. The van der Waals surface area contributed by atoms with Crippen LogP contribution in [-0.2, 0) is 27.0 Å². The third kappa shape index (κ3) is 5.00. The summed E-state index contributed by atoms with van der Waals surface area (Å²) in [6.45, 7) is -1.05. The number of carbonyl (C=O) groups is 4. The van der Waals surface area contributed by atoms with Gasteiger partial charge in [-0.25, -0.2) is 9.59 Å². The van der Waals surface area contributed by atoms with Crippen LogP contribution in [0, 0.1) is 5.92 Å². The summed E-state index contributed by atoms with van der Waals surface area (Å²) in [5.41, 5.74) is -1.29. The maximum Gasteiger partial charge on any atom is 0.417 e. The van der Waals surface area contributed by atoms with Crippen LogP contribution in [-0.4, -0.2) is 53.7 Å². The van der Waals surface area contributed by atoms with E-state index in [9.17, 15) is 37.5 Å². The first kappa shape index (κ1) is 26.8. The smallest absolute Gasteiger partial charge is 0.417 e. The van der Waals surface area contributed by atoms with Crippen molar-refractivity contribution in [2.75, 3.05) is 29.5 Å². The summed E-state index contributed by atoms with van der Waals surface area (Å²) < 4.78 is 44.7. The number of hydrogen-bond acceptors (Lipinski definition) is 5. The standard InChI is InChI=1S/C22H15Cl3F3N3O6/c23-14-6-11(7-15(24)17(14)29-4-5-37-21(29)36)30-9-12(19(33)34)18(32)31(20(30)35)8-10-2-1-3-13(16(10)25)22(26,27)28/h1-3,6-7,12H,4-5,8-9H2,(H,33,34). The van der Waals surface area contributed by atoms with Crippen LogP contribution >= 0.6 is 34.8 Å². The molecule has 1 atom stereocenters. The Hall–Kier alpha value is -3.22. The third-order valence-corrected chi connectivity index (χ3v) is 6.77.